The van der Waals surface area contributed by atoms with Crippen LogP contribution < -0.4 is 14.9 Å². The molecule has 2 aromatic rings. The van der Waals surface area contributed by atoms with Crippen molar-refractivity contribution in [2.45, 2.75) is 0 Å². The number of ether oxygens (including phenoxy) is 2. The van der Waals surface area contributed by atoms with Crippen LogP contribution in [0.1, 0.15) is 16.1 Å². The summed E-state index contributed by atoms with van der Waals surface area (Å²) in [6.07, 6.45) is 1.15. The van der Waals surface area contributed by atoms with Crippen LogP contribution in [0.4, 0.5) is 5.88 Å². The Kier molecular flexibility index (Phi) is 4.92. The van der Waals surface area contributed by atoms with E-state index in [9.17, 15) is 14.9 Å². The molecule has 0 aliphatic heterocycles. The lowest BCUT2D eigenvalue weighted by atomic mass is 10.2. The third-order valence-electron chi connectivity index (χ3n) is 2.80. The number of benzene rings is 1. The maximum absolute atomic E-state index is 12.0. The van der Waals surface area contributed by atoms with E-state index in [4.69, 9.17) is 13.9 Å². The highest BCUT2D eigenvalue weighted by atomic mass is 16.6. The zero-order valence-electron chi connectivity index (χ0n) is 12.3. The number of nitrogens with one attached hydrogen (secondary N) is 1. The van der Waals surface area contributed by atoms with Crippen molar-refractivity contribution in [2.24, 2.45) is 5.10 Å². The highest BCUT2D eigenvalue weighted by Gasteiger charge is 2.13. The Bertz CT molecular complexity index is 753. The first-order valence-corrected chi connectivity index (χ1v) is 6.35. The molecule has 0 bridgehead atoms. The first-order chi connectivity index (χ1) is 11.0. The topological polar surface area (TPSA) is 116 Å². The second-order valence-corrected chi connectivity index (χ2v) is 4.20. The average Bonchev–Trinajstić information content (AvgIpc) is 3.03. The normalized spacial score (nSPS) is 10.5. The largest absolute Gasteiger partial charge is 0.497 e. The molecule has 0 radical (unpaired) electrons. The zero-order chi connectivity index (χ0) is 16.8. The predicted octanol–water partition coefficient (Wildman–Crippen LogP) is 1.97. The van der Waals surface area contributed by atoms with E-state index in [1.165, 1.54) is 32.4 Å². The molecule has 0 saturated carbocycles. The molecule has 1 aromatic carbocycles. The van der Waals surface area contributed by atoms with Crippen LogP contribution in [0.15, 0.2) is 39.9 Å². The molecule has 9 nitrogen and oxygen atoms in total. The van der Waals surface area contributed by atoms with Crippen molar-refractivity contribution >= 4 is 18.0 Å². The molecule has 9 heteroatoms. The molecule has 0 aliphatic carbocycles. The number of amides is 1. The lowest BCUT2D eigenvalue weighted by Gasteiger charge is -2.08. The summed E-state index contributed by atoms with van der Waals surface area (Å²) in [5.41, 5.74) is 2.54. The second kappa shape index (κ2) is 7.07. The number of nitrogens with zero attached hydrogens (tertiary/aromatic N) is 2. The minimum absolute atomic E-state index is 0.138. The summed E-state index contributed by atoms with van der Waals surface area (Å²) in [6.45, 7) is 0. The second-order valence-electron chi connectivity index (χ2n) is 4.20. The number of carbonyl (C=O) groups excluding carboxylic acids is 1. The minimum Gasteiger partial charge on any atom is -0.497 e. The van der Waals surface area contributed by atoms with Crippen LogP contribution >= 0.6 is 0 Å². The lowest BCUT2D eigenvalue weighted by Crippen LogP contribution is -2.18. The van der Waals surface area contributed by atoms with Gasteiger partial charge in [-0.05, 0) is 18.2 Å². The summed E-state index contributed by atoms with van der Waals surface area (Å²) in [6, 6.07) is 7.25. The molecule has 0 aliphatic rings. The third kappa shape index (κ3) is 3.84. The Labute approximate surface area is 130 Å². The molecular weight excluding hydrogens is 306 g/mol. The van der Waals surface area contributed by atoms with Crippen molar-refractivity contribution in [1.82, 2.24) is 5.43 Å². The van der Waals surface area contributed by atoms with Crippen LogP contribution in [0.3, 0.4) is 0 Å². The number of furan rings is 1. The van der Waals surface area contributed by atoms with E-state index in [0.29, 0.717) is 11.5 Å². The van der Waals surface area contributed by atoms with E-state index in [-0.39, 0.29) is 11.3 Å². The summed E-state index contributed by atoms with van der Waals surface area (Å²) < 4.78 is 15.0. The van der Waals surface area contributed by atoms with Crippen molar-refractivity contribution in [3.8, 4) is 11.5 Å². The number of hydrogen-bond donors (Lipinski definition) is 1. The highest BCUT2D eigenvalue weighted by molar-refractivity contribution is 5.97. The molecule has 23 heavy (non-hydrogen) atoms. The fourth-order valence-corrected chi connectivity index (χ4v) is 1.71. The van der Waals surface area contributed by atoms with Crippen LogP contribution in [0.25, 0.3) is 0 Å². The van der Waals surface area contributed by atoms with Crippen LogP contribution in [-0.2, 0) is 0 Å². The fourth-order valence-electron chi connectivity index (χ4n) is 1.71. The Balaban J connectivity index is 2.06. The summed E-state index contributed by atoms with van der Waals surface area (Å²) in [5, 5.41) is 14.2. The Morgan fingerprint density at radius 1 is 1.30 bits per heavy atom. The first-order valence-electron chi connectivity index (χ1n) is 6.35. The lowest BCUT2D eigenvalue weighted by molar-refractivity contribution is -0.402. The van der Waals surface area contributed by atoms with E-state index in [2.05, 4.69) is 10.5 Å². The van der Waals surface area contributed by atoms with Crippen molar-refractivity contribution in [3.05, 3.63) is 51.8 Å². The molecule has 1 N–H and O–H groups in total. The number of carbonyl (C=O) groups is 1. The van der Waals surface area contributed by atoms with Gasteiger partial charge in [-0.25, -0.2) is 5.43 Å². The number of methoxy groups -OCH3 is 2. The summed E-state index contributed by atoms with van der Waals surface area (Å²) >= 11 is 0. The van der Waals surface area contributed by atoms with E-state index >= 15 is 0 Å². The molecule has 2 rings (SSSR count). The van der Waals surface area contributed by atoms with Gasteiger partial charge in [-0.2, -0.15) is 5.10 Å². The molecular formula is C14H13N3O6. The molecule has 1 aromatic heterocycles. The molecule has 0 unspecified atom stereocenters. The van der Waals surface area contributed by atoms with Crippen LogP contribution in [0.2, 0.25) is 0 Å². The SMILES string of the molecule is COc1ccc(C(=O)NN=Cc2ccc([N+](=O)[O-])o2)c(OC)c1. The van der Waals surface area contributed by atoms with Gasteiger partial charge in [0.2, 0.25) is 0 Å². The standard InChI is InChI=1S/C14H13N3O6/c1-21-9-3-5-11(12(7-9)22-2)14(18)16-15-8-10-4-6-13(23-10)17(19)20/h3-8H,1-2H3,(H,16,18). The van der Waals surface area contributed by atoms with Crippen molar-refractivity contribution < 1.29 is 23.6 Å². The smallest absolute Gasteiger partial charge is 0.433 e. The summed E-state index contributed by atoms with van der Waals surface area (Å²) in [4.78, 5) is 21.9. The minimum atomic E-state index is -0.669. The Hall–Kier alpha value is -3.36. The quantitative estimate of drug-likeness (QED) is 0.494. The number of hydrogen-bond acceptors (Lipinski definition) is 7. The van der Waals surface area contributed by atoms with Gasteiger partial charge in [-0.3, -0.25) is 14.9 Å². The monoisotopic (exact) mass is 319 g/mol. The Morgan fingerprint density at radius 2 is 2.09 bits per heavy atom. The molecule has 1 heterocycles. The highest BCUT2D eigenvalue weighted by Crippen LogP contribution is 2.24. The fraction of sp³-hybridized carbons (Fsp3) is 0.143. The molecule has 0 spiro atoms. The van der Waals surface area contributed by atoms with Crippen molar-refractivity contribution in [2.75, 3.05) is 14.2 Å². The van der Waals surface area contributed by atoms with Crippen LogP contribution in [0.5, 0.6) is 11.5 Å². The zero-order valence-corrected chi connectivity index (χ0v) is 12.3. The van der Waals surface area contributed by atoms with Gasteiger partial charge in [0.05, 0.1) is 32.1 Å². The van der Waals surface area contributed by atoms with Gasteiger partial charge >= 0.3 is 5.88 Å². The Morgan fingerprint density at radius 3 is 2.70 bits per heavy atom. The van der Waals surface area contributed by atoms with Gasteiger partial charge in [0.15, 0.2) is 5.76 Å². The van der Waals surface area contributed by atoms with Gasteiger partial charge in [-0.1, -0.05) is 0 Å². The van der Waals surface area contributed by atoms with Gasteiger partial charge in [0, 0.05) is 6.07 Å². The summed E-state index contributed by atoms with van der Waals surface area (Å²) in [7, 11) is 2.93. The van der Waals surface area contributed by atoms with Gasteiger partial charge in [-0.15, -0.1) is 0 Å². The molecule has 1 amide bonds. The van der Waals surface area contributed by atoms with Crippen molar-refractivity contribution in [1.29, 1.82) is 0 Å². The van der Waals surface area contributed by atoms with Crippen LogP contribution in [-0.4, -0.2) is 31.3 Å². The number of rotatable bonds is 6. The van der Waals surface area contributed by atoms with E-state index in [1.54, 1.807) is 12.1 Å². The molecule has 0 fully saturated rings. The average molecular weight is 319 g/mol. The predicted molar refractivity (Wildman–Crippen MR) is 80.0 cm³/mol. The molecule has 120 valence electrons. The van der Waals surface area contributed by atoms with Gasteiger partial charge in [0.25, 0.3) is 5.91 Å². The number of hydrazone groups is 1. The maximum atomic E-state index is 12.0. The molecule has 0 atom stereocenters. The van der Waals surface area contributed by atoms with E-state index in [1.807, 2.05) is 0 Å². The maximum Gasteiger partial charge on any atom is 0.433 e. The first kappa shape index (κ1) is 16.0. The van der Waals surface area contributed by atoms with Crippen LogP contribution in [0, 0.1) is 10.1 Å². The van der Waals surface area contributed by atoms with E-state index in [0.717, 1.165) is 6.21 Å². The van der Waals surface area contributed by atoms with Crippen molar-refractivity contribution in [3.63, 3.8) is 0 Å². The van der Waals surface area contributed by atoms with E-state index < -0.39 is 16.7 Å². The number of nitro groups is 1. The molecule has 0 saturated heterocycles. The van der Waals surface area contributed by atoms with Gasteiger partial charge in [0.1, 0.15) is 16.4 Å². The third-order valence-corrected chi connectivity index (χ3v) is 2.80. The van der Waals surface area contributed by atoms with Gasteiger partial charge < -0.3 is 13.9 Å². The summed E-state index contributed by atoms with van der Waals surface area (Å²) in [5.74, 6) is 0.0885.